The average Bonchev–Trinajstić information content (AvgIpc) is 3.29. The van der Waals surface area contributed by atoms with Gasteiger partial charge in [-0.25, -0.2) is 9.97 Å². The zero-order valence-electron chi connectivity index (χ0n) is 13.5. The maximum absolute atomic E-state index is 4.92. The highest BCUT2D eigenvalue weighted by atomic mass is 32.1. The van der Waals surface area contributed by atoms with Gasteiger partial charge >= 0.3 is 0 Å². The molecule has 4 heterocycles. The second-order valence-corrected chi connectivity index (χ2v) is 7.30. The zero-order chi connectivity index (χ0) is 15.6. The SMILES string of the molecule is CCCn1c(C2CCN(Cc3cccs3)C2)nc2cccnc21. The molecule has 1 aliphatic heterocycles. The Labute approximate surface area is 140 Å². The van der Waals surface area contributed by atoms with Crippen molar-refractivity contribution in [1.82, 2.24) is 19.4 Å². The van der Waals surface area contributed by atoms with Crippen molar-refractivity contribution in [3.63, 3.8) is 0 Å². The van der Waals surface area contributed by atoms with Crippen LogP contribution in [0.2, 0.25) is 0 Å². The monoisotopic (exact) mass is 326 g/mol. The van der Waals surface area contributed by atoms with E-state index < -0.39 is 0 Å². The van der Waals surface area contributed by atoms with E-state index >= 15 is 0 Å². The van der Waals surface area contributed by atoms with Crippen molar-refractivity contribution in [2.75, 3.05) is 13.1 Å². The Bertz CT molecular complexity index is 778. The minimum absolute atomic E-state index is 0.524. The summed E-state index contributed by atoms with van der Waals surface area (Å²) < 4.78 is 2.34. The van der Waals surface area contributed by atoms with E-state index in [9.17, 15) is 0 Å². The molecule has 1 saturated heterocycles. The molecule has 5 heteroatoms. The first kappa shape index (κ1) is 14.8. The number of hydrogen-bond acceptors (Lipinski definition) is 4. The highest BCUT2D eigenvalue weighted by Gasteiger charge is 2.28. The van der Waals surface area contributed by atoms with Crippen LogP contribution < -0.4 is 0 Å². The van der Waals surface area contributed by atoms with Gasteiger partial charge < -0.3 is 4.57 Å². The number of imidazole rings is 1. The molecule has 0 bridgehead atoms. The summed E-state index contributed by atoms with van der Waals surface area (Å²) in [7, 11) is 0. The Kier molecular flexibility index (Phi) is 4.14. The summed E-state index contributed by atoms with van der Waals surface area (Å²) >= 11 is 1.85. The van der Waals surface area contributed by atoms with Gasteiger partial charge in [0.15, 0.2) is 5.65 Å². The van der Waals surface area contributed by atoms with E-state index in [1.807, 2.05) is 23.6 Å². The van der Waals surface area contributed by atoms with Crippen molar-refractivity contribution < 1.29 is 0 Å². The summed E-state index contributed by atoms with van der Waals surface area (Å²) in [5.41, 5.74) is 2.08. The summed E-state index contributed by atoms with van der Waals surface area (Å²) in [4.78, 5) is 13.5. The lowest BCUT2D eigenvalue weighted by Gasteiger charge is -2.15. The van der Waals surface area contributed by atoms with Gasteiger partial charge in [-0.3, -0.25) is 4.90 Å². The highest BCUT2D eigenvalue weighted by molar-refractivity contribution is 7.09. The minimum atomic E-state index is 0.524. The second-order valence-electron chi connectivity index (χ2n) is 6.27. The Hall–Kier alpha value is -1.72. The maximum atomic E-state index is 4.92. The van der Waals surface area contributed by atoms with Gasteiger partial charge in [0.1, 0.15) is 11.3 Å². The highest BCUT2D eigenvalue weighted by Crippen LogP contribution is 2.30. The van der Waals surface area contributed by atoms with Gasteiger partial charge in [-0.05, 0) is 43.0 Å². The fourth-order valence-corrected chi connectivity index (χ4v) is 4.29. The number of rotatable bonds is 5. The lowest BCUT2D eigenvalue weighted by molar-refractivity contribution is 0.328. The summed E-state index contributed by atoms with van der Waals surface area (Å²) in [6.07, 6.45) is 4.18. The lowest BCUT2D eigenvalue weighted by atomic mass is 10.1. The van der Waals surface area contributed by atoms with Crippen molar-refractivity contribution in [2.24, 2.45) is 0 Å². The third-order valence-electron chi connectivity index (χ3n) is 4.58. The zero-order valence-corrected chi connectivity index (χ0v) is 14.3. The quantitative estimate of drug-likeness (QED) is 0.713. The maximum Gasteiger partial charge on any atom is 0.159 e. The number of pyridine rings is 1. The number of hydrogen-bond donors (Lipinski definition) is 0. The molecular weight excluding hydrogens is 304 g/mol. The van der Waals surface area contributed by atoms with Crippen LogP contribution in [0.25, 0.3) is 11.2 Å². The van der Waals surface area contributed by atoms with Crippen LogP contribution in [0.5, 0.6) is 0 Å². The molecule has 4 rings (SSSR count). The molecule has 0 radical (unpaired) electrons. The van der Waals surface area contributed by atoms with E-state index in [0.29, 0.717) is 5.92 Å². The van der Waals surface area contributed by atoms with Gasteiger partial charge in [0.2, 0.25) is 0 Å². The largest absolute Gasteiger partial charge is 0.312 e. The molecule has 1 unspecified atom stereocenters. The van der Waals surface area contributed by atoms with E-state index in [1.165, 1.54) is 17.1 Å². The number of thiophene rings is 1. The second kappa shape index (κ2) is 6.42. The molecule has 0 saturated carbocycles. The molecule has 4 nitrogen and oxygen atoms in total. The lowest BCUT2D eigenvalue weighted by Crippen LogP contribution is -2.20. The third-order valence-corrected chi connectivity index (χ3v) is 5.44. The van der Waals surface area contributed by atoms with Crippen LogP contribution in [-0.2, 0) is 13.1 Å². The first-order valence-electron chi connectivity index (χ1n) is 8.41. The topological polar surface area (TPSA) is 34.0 Å². The Morgan fingerprint density at radius 1 is 1.30 bits per heavy atom. The van der Waals surface area contributed by atoms with E-state index in [1.54, 1.807) is 0 Å². The Morgan fingerprint density at radius 2 is 2.26 bits per heavy atom. The molecule has 3 aromatic heterocycles. The van der Waals surface area contributed by atoms with Gasteiger partial charge in [0.25, 0.3) is 0 Å². The molecule has 0 amide bonds. The third kappa shape index (κ3) is 2.91. The molecule has 0 spiro atoms. The molecule has 0 aliphatic carbocycles. The van der Waals surface area contributed by atoms with Crippen molar-refractivity contribution in [2.45, 2.75) is 38.8 Å². The first-order valence-corrected chi connectivity index (χ1v) is 9.29. The van der Waals surface area contributed by atoms with Crippen molar-refractivity contribution in [3.8, 4) is 0 Å². The number of fused-ring (bicyclic) bond motifs is 1. The molecule has 1 fully saturated rings. The molecular formula is C18H22N4S. The van der Waals surface area contributed by atoms with Crippen LogP contribution >= 0.6 is 11.3 Å². The summed E-state index contributed by atoms with van der Waals surface area (Å²) in [5.74, 6) is 1.75. The van der Waals surface area contributed by atoms with Crippen LogP contribution in [-0.4, -0.2) is 32.5 Å². The molecule has 120 valence electrons. The van der Waals surface area contributed by atoms with E-state index in [-0.39, 0.29) is 0 Å². The predicted molar refractivity (Wildman–Crippen MR) is 94.8 cm³/mol. The fraction of sp³-hybridized carbons (Fsp3) is 0.444. The van der Waals surface area contributed by atoms with E-state index in [0.717, 1.165) is 43.8 Å². The van der Waals surface area contributed by atoms with Crippen LogP contribution in [0.15, 0.2) is 35.8 Å². The van der Waals surface area contributed by atoms with E-state index in [2.05, 4.69) is 45.0 Å². The van der Waals surface area contributed by atoms with Crippen molar-refractivity contribution in [1.29, 1.82) is 0 Å². The van der Waals surface area contributed by atoms with Gasteiger partial charge in [-0.2, -0.15) is 0 Å². The van der Waals surface area contributed by atoms with E-state index in [4.69, 9.17) is 4.98 Å². The van der Waals surface area contributed by atoms with Crippen LogP contribution in [0.4, 0.5) is 0 Å². The number of aromatic nitrogens is 3. The van der Waals surface area contributed by atoms with Gasteiger partial charge in [-0.15, -0.1) is 11.3 Å². The fourth-order valence-electron chi connectivity index (χ4n) is 3.54. The average molecular weight is 326 g/mol. The van der Waals surface area contributed by atoms with Crippen LogP contribution in [0, 0.1) is 0 Å². The van der Waals surface area contributed by atoms with Gasteiger partial charge in [0, 0.05) is 36.6 Å². The Morgan fingerprint density at radius 3 is 3.09 bits per heavy atom. The standard InChI is InChI=1S/C18H22N4S/c1-2-9-22-17(20-16-6-3-8-19-18(16)22)14-7-10-21(12-14)13-15-5-4-11-23-15/h3-6,8,11,14H,2,7,9-10,12-13H2,1H3. The molecule has 1 aliphatic rings. The number of likely N-dealkylation sites (tertiary alicyclic amines) is 1. The normalized spacial score (nSPS) is 18.9. The number of nitrogens with zero attached hydrogens (tertiary/aromatic N) is 4. The first-order chi connectivity index (χ1) is 11.3. The predicted octanol–water partition coefficient (Wildman–Crippen LogP) is 3.89. The van der Waals surface area contributed by atoms with Crippen LogP contribution in [0.1, 0.15) is 36.4 Å². The molecule has 1 atom stereocenters. The van der Waals surface area contributed by atoms with Gasteiger partial charge in [0.05, 0.1) is 0 Å². The summed E-state index contributed by atoms with van der Waals surface area (Å²) in [5, 5.41) is 2.16. The van der Waals surface area contributed by atoms with Crippen molar-refractivity contribution in [3.05, 3.63) is 46.5 Å². The van der Waals surface area contributed by atoms with Crippen LogP contribution in [0.3, 0.4) is 0 Å². The molecule has 3 aromatic rings. The molecule has 0 aromatic carbocycles. The summed E-state index contributed by atoms with van der Waals surface area (Å²) in [6, 6.07) is 8.43. The minimum Gasteiger partial charge on any atom is -0.312 e. The molecule has 23 heavy (non-hydrogen) atoms. The Balaban J connectivity index is 1.58. The van der Waals surface area contributed by atoms with Crippen molar-refractivity contribution >= 4 is 22.5 Å². The smallest absolute Gasteiger partial charge is 0.159 e. The number of aryl methyl sites for hydroxylation is 1. The van der Waals surface area contributed by atoms with Gasteiger partial charge in [-0.1, -0.05) is 13.0 Å². The summed E-state index contributed by atoms with van der Waals surface area (Å²) in [6.45, 7) is 6.55. The molecule has 0 N–H and O–H groups in total.